The molecule has 0 spiro atoms. The smallest absolute Gasteiger partial charge is 0.0443 e. The van der Waals surface area contributed by atoms with Gasteiger partial charge in [-0.2, -0.15) is 0 Å². The van der Waals surface area contributed by atoms with Crippen molar-refractivity contribution in [3.8, 4) is 0 Å². The van der Waals surface area contributed by atoms with Crippen molar-refractivity contribution in [2.24, 2.45) is 0 Å². The van der Waals surface area contributed by atoms with Crippen LogP contribution in [0.3, 0.4) is 0 Å². The number of likely N-dealkylation sites (N-methyl/N-ethyl adjacent to an activating group) is 1. The van der Waals surface area contributed by atoms with Crippen molar-refractivity contribution >= 4 is 11.6 Å². The molecule has 118 valence electrons. The third-order valence-corrected chi connectivity index (χ3v) is 4.58. The molecule has 1 fully saturated rings. The molecular formula is C17H27ClN2O. The maximum absolute atomic E-state index is 9.12. The van der Waals surface area contributed by atoms with Crippen LogP contribution in [0.5, 0.6) is 0 Å². The molecule has 1 N–H and O–H groups in total. The SMILES string of the molecule is CCN1CCC[C@@H]1CN(CCCO)Cc1ccc(Cl)cc1. The second-order valence-electron chi connectivity index (χ2n) is 5.86. The molecule has 0 bridgehead atoms. The molecular weight excluding hydrogens is 284 g/mol. The van der Waals surface area contributed by atoms with Crippen LogP contribution in [0.25, 0.3) is 0 Å². The lowest BCUT2D eigenvalue weighted by molar-refractivity contribution is 0.159. The fourth-order valence-corrected chi connectivity index (χ4v) is 3.32. The van der Waals surface area contributed by atoms with Gasteiger partial charge in [-0.1, -0.05) is 30.7 Å². The minimum Gasteiger partial charge on any atom is -0.396 e. The summed E-state index contributed by atoms with van der Waals surface area (Å²) in [6, 6.07) is 8.77. The third-order valence-electron chi connectivity index (χ3n) is 4.33. The standard InChI is InChI=1S/C17H27ClN2O/c1-2-20-11-3-5-17(20)14-19(10-4-12-21)13-15-6-8-16(18)9-7-15/h6-9,17,21H,2-5,10-14H2,1H3/t17-/m1/s1. The van der Waals surface area contributed by atoms with Gasteiger partial charge in [-0.3, -0.25) is 9.80 Å². The molecule has 1 aromatic carbocycles. The topological polar surface area (TPSA) is 26.7 Å². The Kier molecular flexibility index (Phi) is 6.97. The zero-order valence-corrected chi connectivity index (χ0v) is 13.7. The molecule has 2 rings (SSSR count). The van der Waals surface area contributed by atoms with Crippen molar-refractivity contribution in [1.29, 1.82) is 0 Å². The number of nitrogens with zero attached hydrogens (tertiary/aromatic N) is 2. The van der Waals surface area contributed by atoms with Crippen molar-refractivity contribution in [2.75, 3.05) is 32.8 Å². The highest BCUT2D eigenvalue weighted by Gasteiger charge is 2.24. The first-order valence-corrected chi connectivity index (χ1v) is 8.42. The maximum atomic E-state index is 9.12. The quantitative estimate of drug-likeness (QED) is 0.799. The average molecular weight is 311 g/mol. The number of halogens is 1. The van der Waals surface area contributed by atoms with Crippen molar-refractivity contribution in [3.05, 3.63) is 34.9 Å². The van der Waals surface area contributed by atoms with E-state index in [0.717, 1.165) is 37.6 Å². The summed E-state index contributed by atoms with van der Waals surface area (Å²) in [7, 11) is 0. The number of aliphatic hydroxyl groups is 1. The summed E-state index contributed by atoms with van der Waals surface area (Å²) in [5.41, 5.74) is 1.29. The second-order valence-corrected chi connectivity index (χ2v) is 6.30. The summed E-state index contributed by atoms with van der Waals surface area (Å²) >= 11 is 5.95. The van der Waals surface area contributed by atoms with E-state index in [9.17, 15) is 0 Å². The normalized spacial score (nSPS) is 19.5. The molecule has 21 heavy (non-hydrogen) atoms. The molecule has 0 aromatic heterocycles. The number of aliphatic hydroxyl groups excluding tert-OH is 1. The molecule has 4 heteroatoms. The van der Waals surface area contributed by atoms with Crippen LogP contribution in [0.4, 0.5) is 0 Å². The lowest BCUT2D eigenvalue weighted by Crippen LogP contribution is -2.40. The molecule has 0 aliphatic carbocycles. The van der Waals surface area contributed by atoms with Gasteiger partial charge in [0.25, 0.3) is 0 Å². The predicted octanol–water partition coefficient (Wildman–Crippen LogP) is 3.01. The first-order valence-electron chi connectivity index (χ1n) is 8.04. The van der Waals surface area contributed by atoms with Crippen LogP contribution in [-0.4, -0.2) is 53.7 Å². The van der Waals surface area contributed by atoms with E-state index in [2.05, 4.69) is 28.9 Å². The fraction of sp³-hybridized carbons (Fsp3) is 0.647. The number of hydrogen-bond donors (Lipinski definition) is 1. The van der Waals surface area contributed by atoms with Gasteiger partial charge >= 0.3 is 0 Å². The van der Waals surface area contributed by atoms with E-state index in [4.69, 9.17) is 16.7 Å². The van der Waals surface area contributed by atoms with Crippen LogP contribution in [0.1, 0.15) is 31.7 Å². The van der Waals surface area contributed by atoms with Gasteiger partial charge in [-0.15, -0.1) is 0 Å². The van der Waals surface area contributed by atoms with Crippen molar-refractivity contribution < 1.29 is 5.11 Å². The number of likely N-dealkylation sites (tertiary alicyclic amines) is 1. The Balaban J connectivity index is 1.95. The summed E-state index contributed by atoms with van der Waals surface area (Å²) in [4.78, 5) is 5.05. The minimum absolute atomic E-state index is 0.263. The second kappa shape index (κ2) is 8.74. The lowest BCUT2D eigenvalue weighted by Gasteiger charge is -2.30. The summed E-state index contributed by atoms with van der Waals surface area (Å²) in [5.74, 6) is 0. The zero-order valence-electron chi connectivity index (χ0n) is 13.0. The van der Waals surface area contributed by atoms with Crippen LogP contribution in [0, 0.1) is 0 Å². The molecule has 1 heterocycles. The summed E-state index contributed by atoms with van der Waals surface area (Å²) in [5, 5.41) is 9.91. The Bertz CT molecular complexity index is 410. The Labute approximate surface area is 133 Å². The predicted molar refractivity (Wildman–Crippen MR) is 88.7 cm³/mol. The van der Waals surface area contributed by atoms with Gasteiger partial charge in [0.05, 0.1) is 0 Å². The highest BCUT2D eigenvalue weighted by Crippen LogP contribution is 2.19. The molecule has 0 radical (unpaired) electrons. The van der Waals surface area contributed by atoms with E-state index in [0.29, 0.717) is 6.04 Å². The van der Waals surface area contributed by atoms with E-state index < -0.39 is 0 Å². The molecule has 1 aliphatic rings. The molecule has 1 aromatic rings. The van der Waals surface area contributed by atoms with E-state index in [1.807, 2.05) is 12.1 Å². The monoisotopic (exact) mass is 310 g/mol. The van der Waals surface area contributed by atoms with Crippen LogP contribution < -0.4 is 0 Å². The van der Waals surface area contributed by atoms with E-state index in [1.54, 1.807) is 0 Å². The molecule has 1 atom stereocenters. The van der Waals surface area contributed by atoms with Gasteiger partial charge in [0.1, 0.15) is 0 Å². The molecule has 3 nitrogen and oxygen atoms in total. The highest BCUT2D eigenvalue weighted by atomic mass is 35.5. The Morgan fingerprint density at radius 3 is 2.76 bits per heavy atom. The lowest BCUT2D eigenvalue weighted by atomic mass is 10.1. The minimum atomic E-state index is 0.263. The van der Waals surface area contributed by atoms with Gasteiger partial charge in [-0.25, -0.2) is 0 Å². The highest BCUT2D eigenvalue weighted by molar-refractivity contribution is 6.30. The van der Waals surface area contributed by atoms with Crippen LogP contribution >= 0.6 is 11.6 Å². The first kappa shape index (κ1) is 16.8. The Hall–Kier alpha value is -0.610. The van der Waals surface area contributed by atoms with E-state index in [1.165, 1.54) is 24.9 Å². The number of benzene rings is 1. The van der Waals surface area contributed by atoms with Gasteiger partial charge in [-0.05, 0) is 50.0 Å². The van der Waals surface area contributed by atoms with Gasteiger partial charge in [0.15, 0.2) is 0 Å². The number of hydrogen-bond acceptors (Lipinski definition) is 3. The van der Waals surface area contributed by atoms with Gasteiger partial charge in [0.2, 0.25) is 0 Å². The maximum Gasteiger partial charge on any atom is 0.0443 e. The van der Waals surface area contributed by atoms with Crippen LogP contribution in [0.15, 0.2) is 24.3 Å². The first-order chi connectivity index (χ1) is 10.2. The van der Waals surface area contributed by atoms with Crippen molar-refractivity contribution in [2.45, 2.75) is 38.8 Å². The molecule has 1 saturated heterocycles. The van der Waals surface area contributed by atoms with Gasteiger partial charge < -0.3 is 5.11 Å². The van der Waals surface area contributed by atoms with Crippen molar-refractivity contribution in [1.82, 2.24) is 9.80 Å². The summed E-state index contributed by atoms with van der Waals surface area (Å²) < 4.78 is 0. The summed E-state index contributed by atoms with van der Waals surface area (Å²) in [6.07, 6.45) is 3.45. The average Bonchev–Trinajstić information content (AvgIpc) is 2.94. The van der Waals surface area contributed by atoms with Crippen molar-refractivity contribution in [3.63, 3.8) is 0 Å². The van der Waals surface area contributed by atoms with Crippen LogP contribution in [0.2, 0.25) is 5.02 Å². The third kappa shape index (κ3) is 5.26. The molecule has 0 amide bonds. The molecule has 1 aliphatic heterocycles. The fourth-order valence-electron chi connectivity index (χ4n) is 3.19. The summed E-state index contributed by atoms with van der Waals surface area (Å²) in [6.45, 7) is 7.86. The van der Waals surface area contributed by atoms with E-state index in [-0.39, 0.29) is 6.61 Å². The van der Waals surface area contributed by atoms with Crippen LogP contribution in [-0.2, 0) is 6.54 Å². The van der Waals surface area contributed by atoms with E-state index >= 15 is 0 Å². The Morgan fingerprint density at radius 1 is 1.33 bits per heavy atom. The zero-order chi connectivity index (χ0) is 15.1. The largest absolute Gasteiger partial charge is 0.396 e. The molecule has 0 unspecified atom stereocenters. The Morgan fingerprint density at radius 2 is 2.10 bits per heavy atom. The molecule has 0 saturated carbocycles. The van der Waals surface area contributed by atoms with Gasteiger partial charge in [0, 0.05) is 37.3 Å². The number of rotatable bonds is 8.